The number of rotatable bonds is 9. The minimum atomic E-state index is -0.676. The Hall–Kier alpha value is -2.60. The first-order valence-corrected chi connectivity index (χ1v) is 12.5. The van der Waals surface area contributed by atoms with Crippen molar-refractivity contribution in [2.75, 3.05) is 13.2 Å². The van der Waals surface area contributed by atoms with Crippen LogP contribution in [0.1, 0.15) is 68.4 Å². The van der Waals surface area contributed by atoms with Gasteiger partial charge in [0, 0.05) is 6.42 Å². The molecule has 4 rings (SSSR count). The molecule has 0 aromatic heterocycles. The highest BCUT2D eigenvalue weighted by atomic mass is 19.1. The van der Waals surface area contributed by atoms with Gasteiger partial charge < -0.3 is 19.3 Å². The second-order valence-electron chi connectivity index (χ2n) is 9.61. The molecule has 0 bridgehead atoms. The summed E-state index contributed by atoms with van der Waals surface area (Å²) in [5.74, 6) is 1.68. The third-order valence-electron chi connectivity index (χ3n) is 7.02. The fraction of sp³-hybridized carbons (Fsp3) is 0.536. The average Bonchev–Trinajstić information content (AvgIpc) is 2.82. The smallest absolute Gasteiger partial charge is 0.308 e. The number of hydrogen-bond donors (Lipinski definition) is 1. The maximum Gasteiger partial charge on any atom is 0.308 e. The summed E-state index contributed by atoms with van der Waals surface area (Å²) in [6, 6.07) is 12.4. The van der Waals surface area contributed by atoms with Gasteiger partial charge in [0.05, 0.1) is 19.1 Å². The van der Waals surface area contributed by atoms with Crippen molar-refractivity contribution in [3.63, 3.8) is 0 Å². The number of hydrogen-bond acceptors (Lipinski definition) is 5. The zero-order chi connectivity index (χ0) is 23.9. The van der Waals surface area contributed by atoms with Crippen LogP contribution in [0.3, 0.4) is 0 Å². The molecule has 0 amide bonds. The molecule has 1 saturated carbocycles. The van der Waals surface area contributed by atoms with Crippen LogP contribution in [-0.4, -0.2) is 36.5 Å². The summed E-state index contributed by atoms with van der Waals surface area (Å²) in [6.07, 6.45) is 6.26. The highest BCUT2D eigenvalue weighted by Crippen LogP contribution is 2.42. The first-order chi connectivity index (χ1) is 16.5. The second-order valence-corrected chi connectivity index (χ2v) is 9.61. The standard InChI is InChI=1S/C28H35FO5/c1-19-6-5-9-26(28(19)33-18-24-16-22(30)17-27(31)34-24)25(20-7-3-2-4-8-20)14-15-32-23-12-10-21(29)11-13-23/h5-6,9-13,20,22,24-25,30H,2-4,7-8,14-18H2,1H3/t22?,24?,25-/m0/s1. The van der Waals surface area contributed by atoms with E-state index in [-0.39, 0.29) is 30.7 Å². The Morgan fingerprint density at radius 1 is 1.09 bits per heavy atom. The van der Waals surface area contributed by atoms with Crippen LogP contribution in [0.25, 0.3) is 0 Å². The van der Waals surface area contributed by atoms with Crippen LogP contribution in [-0.2, 0) is 9.53 Å². The summed E-state index contributed by atoms with van der Waals surface area (Å²) < 4.78 is 30.9. The number of cyclic esters (lactones) is 1. The monoisotopic (exact) mass is 470 g/mol. The SMILES string of the molecule is Cc1cccc([C@@H](CCOc2ccc(F)cc2)C2CCCCC2)c1OCC1CC(O)CC(=O)O1. The van der Waals surface area contributed by atoms with Crippen molar-refractivity contribution in [1.82, 2.24) is 0 Å². The quantitative estimate of drug-likeness (QED) is 0.476. The van der Waals surface area contributed by atoms with E-state index in [2.05, 4.69) is 12.1 Å². The van der Waals surface area contributed by atoms with E-state index in [9.17, 15) is 14.3 Å². The van der Waals surface area contributed by atoms with Crippen molar-refractivity contribution in [2.24, 2.45) is 5.92 Å². The summed E-state index contributed by atoms with van der Waals surface area (Å²) in [4.78, 5) is 11.7. The number of halogens is 1. The second kappa shape index (κ2) is 11.7. The number of esters is 1. The molecule has 1 N–H and O–H groups in total. The van der Waals surface area contributed by atoms with Crippen LogP contribution in [0.4, 0.5) is 4.39 Å². The van der Waals surface area contributed by atoms with Gasteiger partial charge in [-0.2, -0.15) is 0 Å². The summed E-state index contributed by atoms with van der Waals surface area (Å²) in [7, 11) is 0. The van der Waals surface area contributed by atoms with E-state index in [4.69, 9.17) is 14.2 Å². The van der Waals surface area contributed by atoms with E-state index < -0.39 is 12.2 Å². The minimum absolute atomic E-state index is 0.0456. The lowest BCUT2D eigenvalue weighted by molar-refractivity contribution is -0.162. The Morgan fingerprint density at radius 3 is 2.59 bits per heavy atom. The molecule has 5 nitrogen and oxygen atoms in total. The van der Waals surface area contributed by atoms with E-state index >= 15 is 0 Å². The van der Waals surface area contributed by atoms with Gasteiger partial charge in [0.15, 0.2) is 0 Å². The fourth-order valence-corrected chi connectivity index (χ4v) is 5.32. The summed E-state index contributed by atoms with van der Waals surface area (Å²) in [5, 5.41) is 9.93. The van der Waals surface area contributed by atoms with Crippen molar-refractivity contribution < 1.29 is 28.5 Å². The molecule has 2 aromatic rings. The van der Waals surface area contributed by atoms with Gasteiger partial charge in [-0.3, -0.25) is 4.79 Å². The van der Waals surface area contributed by atoms with Crippen molar-refractivity contribution in [1.29, 1.82) is 0 Å². The van der Waals surface area contributed by atoms with Gasteiger partial charge in [-0.1, -0.05) is 37.5 Å². The average molecular weight is 471 g/mol. The molecule has 2 aliphatic rings. The van der Waals surface area contributed by atoms with E-state index in [1.54, 1.807) is 12.1 Å². The van der Waals surface area contributed by atoms with E-state index in [1.807, 2.05) is 13.0 Å². The highest BCUT2D eigenvalue weighted by molar-refractivity contribution is 5.71. The van der Waals surface area contributed by atoms with E-state index in [0.717, 1.165) is 23.3 Å². The van der Waals surface area contributed by atoms with Gasteiger partial charge >= 0.3 is 5.97 Å². The summed E-state index contributed by atoms with van der Waals surface area (Å²) in [6.45, 7) is 2.80. The Balaban J connectivity index is 1.49. The lowest BCUT2D eigenvalue weighted by Crippen LogP contribution is -2.36. The summed E-state index contributed by atoms with van der Waals surface area (Å²) >= 11 is 0. The largest absolute Gasteiger partial charge is 0.494 e. The zero-order valence-corrected chi connectivity index (χ0v) is 19.9. The van der Waals surface area contributed by atoms with Crippen LogP contribution in [0, 0.1) is 18.7 Å². The molecule has 3 atom stereocenters. The number of carbonyl (C=O) groups is 1. The highest BCUT2D eigenvalue weighted by Gasteiger charge is 2.30. The molecule has 1 aliphatic heterocycles. The van der Waals surface area contributed by atoms with Crippen LogP contribution >= 0.6 is 0 Å². The molecule has 184 valence electrons. The minimum Gasteiger partial charge on any atom is -0.494 e. The molecule has 34 heavy (non-hydrogen) atoms. The van der Waals surface area contributed by atoms with Gasteiger partial charge in [-0.05, 0) is 73.4 Å². The molecule has 1 heterocycles. The molecular formula is C28H35FO5. The topological polar surface area (TPSA) is 65.0 Å². The Bertz CT molecular complexity index is 938. The Kier molecular flexibility index (Phi) is 8.44. The fourth-order valence-electron chi connectivity index (χ4n) is 5.32. The molecular weight excluding hydrogens is 435 g/mol. The number of para-hydroxylation sites is 1. The molecule has 0 spiro atoms. The molecule has 1 aliphatic carbocycles. The molecule has 2 unspecified atom stereocenters. The predicted octanol–water partition coefficient (Wildman–Crippen LogP) is 5.71. The predicted molar refractivity (Wildman–Crippen MR) is 128 cm³/mol. The number of ether oxygens (including phenoxy) is 3. The number of aliphatic hydroxyl groups is 1. The lowest BCUT2D eigenvalue weighted by atomic mass is 9.75. The first-order valence-electron chi connectivity index (χ1n) is 12.5. The molecule has 6 heteroatoms. The third-order valence-corrected chi connectivity index (χ3v) is 7.02. The van der Waals surface area contributed by atoms with Crippen molar-refractivity contribution in [2.45, 2.75) is 76.4 Å². The van der Waals surface area contributed by atoms with Gasteiger partial charge in [-0.15, -0.1) is 0 Å². The summed E-state index contributed by atoms with van der Waals surface area (Å²) in [5.41, 5.74) is 2.21. The van der Waals surface area contributed by atoms with Crippen LogP contribution in [0.5, 0.6) is 11.5 Å². The van der Waals surface area contributed by atoms with Crippen LogP contribution in [0.15, 0.2) is 42.5 Å². The Morgan fingerprint density at radius 2 is 1.85 bits per heavy atom. The maximum atomic E-state index is 13.2. The molecule has 1 saturated heterocycles. The van der Waals surface area contributed by atoms with Gasteiger partial charge in [0.1, 0.15) is 30.0 Å². The van der Waals surface area contributed by atoms with Crippen molar-refractivity contribution in [3.8, 4) is 11.5 Å². The molecule has 0 radical (unpaired) electrons. The third kappa shape index (κ3) is 6.50. The zero-order valence-electron chi connectivity index (χ0n) is 19.9. The maximum absolute atomic E-state index is 13.2. The first kappa shape index (κ1) is 24.5. The van der Waals surface area contributed by atoms with Crippen LogP contribution < -0.4 is 9.47 Å². The number of aryl methyl sites for hydroxylation is 1. The van der Waals surface area contributed by atoms with E-state index in [0.29, 0.717) is 24.7 Å². The van der Waals surface area contributed by atoms with Crippen molar-refractivity contribution >= 4 is 5.97 Å². The molecule has 2 aromatic carbocycles. The number of benzene rings is 2. The lowest BCUT2D eigenvalue weighted by Gasteiger charge is -2.33. The Labute approximate surface area is 201 Å². The number of carbonyl (C=O) groups excluding carboxylic acids is 1. The van der Waals surface area contributed by atoms with Gasteiger partial charge in [0.25, 0.3) is 0 Å². The number of aliphatic hydroxyl groups excluding tert-OH is 1. The normalized spacial score (nSPS) is 22.1. The van der Waals surface area contributed by atoms with Gasteiger partial charge in [-0.25, -0.2) is 4.39 Å². The van der Waals surface area contributed by atoms with E-state index in [1.165, 1.54) is 44.2 Å². The molecule has 2 fully saturated rings. The van der Waals surface area contributed by atoms with Crippen LogP contribution in [0.2, 0.25) is 0 Å². The van der Waals surface area contributed by atoms with Crippen molar-refractivity contribution in [3.05, 3.63) is 59.4 Å². The van der Waals surface area contributed by atoms with Gasteiger partial charge in [0.2, 0.25) is 0 Å².